The molecule has 6 heteroatoms. The van der Waals surface area contributed by atoms with Crippen molar-refractivity contribution in [1.82, 2.24) is 20.4 Å². The molecule has 1 aromatic carbocycles. The van der Waals surface area contributed by atoms with E-state index in [4.69, 9.17) is 0 Å². The van der Waals surface area contributed by atoms with E-state index in [1.807, 2.05) is 47.3 Å². The maximum atomic E-state index is 11.7. The van der Waals surface area contributed by atoms with Crippen LogP contribution < -0.4 is 10.6 Å². The molecule has 0 aliphatic rings. The molecule has 0 aliphatic carbocycles. The number of hydrogen-bond donors (Lipinski definition) is 3. The molecule has 1 aromatic heterocycles. The minimum Gasteiger partial charge on any atom is -0.384 e. The van der Waals surface area contributed by atoms with Gasteiger partial charge in [-0.2, -0.15) is 5.10 Å². The Labute approximate surface area is 130 Å². The summed E-state index contributed by atoms with van der Waals surface area (Å²) in [6.45, 7) is 3.15. The van der Waals surface area contributed by atoms with Crippen molar-refractivity contribution in [3.8, 4) is 0 Å². The van der Waals surface area contributed by atoms with Gasteiger partial charge in [-0.05, 0) is 25.0 Å². The van der Waals surface area contributed by atoms with Crippen LogP contribution in [-0.4, -0.2) is 34.0 Å². The molecule has 22 heavy (non-hydrogen) atoms. The highest BCUT2D eigenvalue weighted by atomic mass is 16.3. The highest BCUT2D eigenvalue weighted by Gasteiger charge is 2.23. The second-order valence-corrected chi connectivity index (χ2v) is 5.37. The maximum absolute atomic E-state index is 11.7. The lowest BCUT2D eigenvalue weighted by atomic mass is 9.96. The number of aliphatic hydroxyl groups is 1. The van der Waals surface area contributed by atoms with E-state index in [2.05, 4.69) is 15.7 Å². The van der Waals surface area contributed by atoms with E-state index in [0.717, 1.165) is 18.5 Å². The number of urea groups is 1. The predicted molar refractivity (Wildman–Crippen MR) is 84.3 cm³/mol. The fourth-order valence-electron chi connectivity index (χ4n) is 2.09. The lowest BCUT2D eigenvalue weighted by Crippen LogP contribution is -2.43. The van der Waals surface area contributed by atoms with Gasteiger partial charge < -0.3 is 15.7 Å². The standard InChI is InChI=1S/C16H22N4O2/c1-16(22,14-7-3-2-4-8-14)13-18-15(21)17-9-5-11-20-12-6-10-19-20/h2-4,6-8,10,12,22H,5,9,11,13H2,1H3,(H2,17,18,21). The molecule has 0 bridgehead atoms. The summed E-state index contributed by atoms with van der Waals surface area (Å²) in [5.41, 5.74) is -0.317. The number of hydrogen-bond acceptors (Lipinski definition) is 3. The number of carbonyl (C=O) groups excluding carboxylic acids is 1. The third-order valence-electron chi connectivity index (χ3n) is 3.40. The van der Waals surface area contributed by atoms with Crippen molar-refractivity contribution in [2.24, 2.45) is 0 Å². The highest BCUT2D eigenvalue weighted by molar-refractivity contribution is 5.73. The van der Waals surface area contributed by atoms with E-state index < -0.39 is 5.60 Å². The first-order chi connectivity index (χ1) is 10.6. The second kappa shape index (κ2) is 7.61. The summed E-state index contributed by atoms with van der Waals surface area (Å²) in [5, 5.41) is 19.9. The van der Waals surface area contributed by atoms with Gasteiger partial charge in [-0.15, -0.1) is 0 Å². The fraction of sp³-hybridized carbons (Fsp3) is 0.375. The summed E-state index contributed by atoms with van der Waals surface area (Å²) in [5.74, 6) is 0. The van der Waals surface area contributed by atoms with Gasteiger partial charge in [-0.25, -0.2) is 4.79 Å². The van der Waals surface area contributed by atoms with Crippen LogP contribution in [0.15, 0.2) is 48.8 Å². The molecule has 0 fully saturated rings. The molecule has 2 aromatic rings. The summed E-state index contributed by atoms with van der Waals surface area (Å²) in [4.78, 5) is 11.7. The normalized spacial score (nSPS) is 13.4. The molecular weight excluding hydrogens is 280 g/mol. The van der Waals surface area contributed by atoms with Crippen LogP contribution >= 0.6 is 0 Å². The maximum Gasteiger partial charge on any atom is 0.314 e. The summed E-state index contributed by atoms with van der Waals surface area (Å²) in [7, 11) is 0. The lowest BCUT2D eigenvalue weighted by molar-refractivity contribution is 0.0594. The number of aromatic nitrogens is 2. The van der Waals surface area contributed by atoms with Crippen molar-refractivity contribution >= 4 is 6.03 Å². The Morgan fingerprint density at radius 1 is 1.27 bits per heavy atom. The van der Waals surface area contributed by atoms with Crippen molar-refractivity contribution < 1.29 is 9.90 Å². The van der Waals surface area contributed by atoms with Crippen LogP contribution in [-0.2, 0) is 12.1 Å². The third kappa shape index (κ3) is 4.89. The molecule has 0 aliphatic heterocycles. The Hall–Kier alpha value is -2.34. The highest BCUT2D eigenvalue weighted by Crippen LogP contribution is 2.18. The van der Waals surface area contributed by atoms with E-state index in [0.29, 0.717) is 6.54 Å². The average molecular weight is 302 g/mol. The Morgan fingerprint density at radius 3 is 2.73 bits per heavy atom. The Kier molecular flexibility index (Phi) is 5.55. The summed E-state index contributed by atoms with van der Waals surface area (Å²) in [6, 6.07) is 10.9. The number of nitrogens with zero attached hydrogens (tertiary/aromatic N) is 2. The van der Waals surface area contributed by atoms with Gasteiger partial charge in [0.05, 0.1) is 6.54 Å². The van der Waals surface area contributed by atoms with Crippen LogP contribution in [0.4, 0.5) is 4.79 Å². The molecule has 2 amide bonds. The minimum absolute atomic E-state index is 0.155. The first-order valence-corrected chi connectivity index (χ1v) is 7.35. The molecule has 0 radical (unpaired) electrons. The van der Waals surface area contributed by atoms with Gasteiger partial charge in [0.1, 0.15) is 5.60 Å². The van der Waals surface area contributed by atoms with Crippen molar-refractivity contribution in [1.29, 1.82) is 0 Å². The first kappa shape index (κ1) is 16.0. The Bertz CT molecular complexity index is 567. The van der Waals surface area contributed by atoms with Crippen molar-refractivity contribution in [2.75, 3.05) is 13.1 Å². The molecule has 1 heterocycles. The third-order valence-corrected chi connectivity index (χ3v) is 3.40. The van der Waals surface area contributed by atoms with Gasteiger partial charge in [-0.1, -0.05) is 30.3 Å². The molecule has 1 atom stereocenters. The van der Waals surface area contributed by atoms with Crippen LogP contribution in [0.5, 0.6) is 0 Å². The van der Waals surface area contributed by atoms with E-state index in [9.17, 15) is 9.90 Å². The number of benzene rings is 1. The zero-order valence-electron chi connectivity index (χ0n) is 12.7. The zero-order valence-corrected chi connectivity index (χ0v) is 12.7. The molecule has 1 unspecified atom stereocenters. The van der Waals surface area contributed by atoms with Crippen molar-refractivity contribution in [3.63, 3.8) is 0 Å². The molecule has 0 saturated carbocycles. The summed E-state index contributed by atoms with van der Waals surface area (Å²) >= 11 is 0. The monoisotopic (exact) mass is 302 g/mol. The van der Waals surface area contributed by atoms with Gasteiger partial charge in [0, 0.05) is 25.5 Å². The molecule has 6 nitrogen and oxygen atoms in total. The van der Waals surface area contributed by atoms with Crippen molar-refractivity contribution in [3.05, 3.63) is 54.4 Å². The second-order valence-electron chi connectivity index (χ2n) is 5.37. The molecule has 3 N–H and O–H groups in total. The number of carbonyl (C=O) groups is 1. The van der Waals surface area contributed by atoms with Gasteiger partial charge in [0.15, 0.2) is 0 Å². The Morgan fingerprint density at radius 2 is 2.05 bits per heavy atom. The topological polar surface area (TPSA) is 79.2 Å². The lowest BCUT2D eigenvalue weighted by Gasteiger charge is -2.24. The minimum atomic E-state index is -1.09. The van der Waals surface area contributed by atoms with E-state index in [1.165, 1.54) is 0 Å². The summed E-state index contributed by atoms with van der Waals surface area (Å²) < 4.78 is 1.82. The molecule has 118 valence electrons. The fourth-order valence-corrected chi connectivity index (χ4v) is 2.09. The summed E-state index contributed by atoms with van der Waals surface area (Å²) in [6.07, 6.45) is 4.41. The van der Waals surface area contributed by atoms with Crippen LogP contribution in [0.25, 0.3) is 0 Å². The average Bonchev–Trinajstić information content (AvgIpc) is 3.04. The predicted octanol–water partition coefficient (Wildman–Crippen LogP) is 1.48. The number of nitrogens with one attached hydrogen (secondary N) is 2. The van der Waals surface area contributed by atoms with E-state index >= 15 is 0 Å². The van der Waals surface area contributed by atoms with Crippen LogP contribution in [0.1, 0.15) is 18.9 Å². The first-order valence-electron chi connectivity index (χ1n) is 7.35. The molecule has 0 spiro atoms. The number of aryl methyl sites for hydroxylation is 1. The van der Waals surface area contributed by atoms with Gasteiger partial charge in [0.2, 0.25) is 0 Å². The van der Waals surface area contributed by atoms with Gasteiger partial charge >= 0.3 is 6.03 Å². The van der Waals surface area contributed by atoms with Crippen LogP contribution in [0, 0.1) is 0 Å². The quantitative estimate of drug-likeness (QED) is 0.678. The number of amides is 2. The van der Waals surface area contributed by atoms with Crippen LogP contribution in [0.2, 0.25) is 0 Å². The van der Waals surface area contributed by atoms with Gasteiger partial charge in [-0.3, -0.25) is 4.68 Å². The zero-order chi connectivity index (χ0) is 15.8. The SMILES string of the molecule is CC(O)(CNC(=O)NCCCn1cccn1)c1ccccc1. The molecule has 0 saturated heterocycles. The largest absolute Gasteiger partial charge is 0.384 e. The van der Waals surface area contributed by atoms with E-state index in [1.54, 1.807) is 13.1 Å². The smallest absolute Gasteiger partial charge is 0.314 e. The Balaban J connectivity index is 1.67. The molecule has 2 rings (SSSR count). The van der Waals surface area contributed by atoms with E-state index in [-0.39, 0.29) is 12.6 Å². The van der Waals surface area contributed by atoms with Crippen molar-refractivity contribution in [2.45, 2.75) is 25.5 Å². The van der Waals surface area contributed by atoms with Gasteiger partial charge in [0.25, 0.3) is 0 Å². The van der Waals surface area contributed by atoms with Crippen LogP contribution in [0.3, 0.4) is 0 Å². The molecular formula is C16H22N4O2. The number of rotatable bonds is 7.